The number of nitriles is 1. The molecule has 0 bridgehead atoms. The number of anilines is 2. The second kappa shape index (κ2) is 5.41. The molecule has 5 heteroatoms. The van der Waals surface area contributed by atoms with Crippen molar-refractivity contribution < 1.29 is 9.18 Å². The average Bonchev–Trinajstić information content (AvgIpc) is 2.48. The van der Waals surface area contributed by atoms with Gasteiger partial charge in [-0.1, -0.05) is 0 Å². The first-order chi connectivity index (χ1) is 9.52. The Bertz CT molecular complexity index is 689. The third kappa shape index (κ3) is 2.59. The molecule has 0 atom stereocenters. The minimum Gasteiger partial charge on any atom is -0.396 e. The number of carbonyl (C=O) groups is 1. The van der Waals surface area contributed by atoms with E-state index in [1.165, 1.54) is 17.0 Å². The standard InChI is InChI=1S/C15H12FN3O/c1-19(12-5-2-10(9-17)3-6-12)15(20)11-4-7-13(16)14(18)8-11/h2-8H,18H2,1H3. The maximum Gasteiger partial charge on any atom is 0.258 e. The Morgan fingerprint density at radius 1 is 1.25 bits per heavy atom. The van der Waals surface area contributed by atoms with E-state index in [2.05, 4.69) is 0 Å². The molecule has 100 valence electrons. The Balaban J connectivity index is 2.27. The van der Waals surface area contributed by atoms with Gasteiger partial charge in [0.25, 0.3) is 5.91 Å². The summed E-state index contributed by atoms with van der Waals surface area (Å²) in [5.74, 6) is -0.857. The predicted molar refractivity (Wildman–Crippen MR) is 74.7 cm³/mol. The molecule has 0 fully saturated rings. The topological polar surface area (TPSA) is 70.1 Å². The number of carbonyl (C=O) groups excluding carboxylic acids is 1. The van der Waals surface area contributed by atoms with Gasteiger partial charge in [0.1, 0.15) is 5.82 Å². The average molecular weight is 269 g/mol. The van der Waals surface area contributed by atoms with E-state index < -0.39 is 5.82 Å². The number of amides is 1. The normalized spacial score (nSPS) is 9.85. The van der Waals surface area contributed by atoms with Crippen LogP contribution in [0.2, 0.25) is 0 Å². The Kier molecular flexibility index (Phi) is 3.67. The van der Waals surface area contributed by atoms with E-state index in [4.69, 9.17) is 11.0 Å². The lowest BCUT2D eigenvalue weighted by Gasteiger charge is -2.17. The number of halogens is 1. The molecule has 0 radical (unpaired) electrons. The highest BCUT2D eigenvalue weighted by atomic mass is 19.1. The van der Waals surface area contributed by atoms with Crippen LogP contribution in [0.3, 0.4) is 0 Å². The van der Waals surface area contributed by atoms with Crippen LogP contribution in [0.4, 0.5) is 15.8 Å². The quantitative estimate of drug-likeness (QED) is 0.852. The van der Waals surface area contributed by atoms with Gasteiger partial charge in [0.05, 0.1) is 17.3 Å². The summed E-state index contributed by atoms with van der Waals surface area (Å²) in [6.07, 6.45) is 0. The van der Waals surface area contributed by atoms with Crippen LogP contribution < -0.4 is 10.6 Å². The summed E-state index contributed by atoms with van der Waals surface area (Å²) in [4.78, 5) is 13.7. The number of hydrogen-bond donors (Lipinski definition) is 1. The molecule has 2 aromatic rings. The van der Waals surface area contributed by atoms with E-state index in [1.807, 2.05) is 6.07 Å². The first kappa shape index (κ1) is 13.6. The van der Waals surface area contributed by atoms with Crippen molar-refractivity contribution in [2.45, 2.75) is 0 Å². The maximum absolute atomic E-state index is 13.1. The molecule has 0 saturated heterocycles. The van der Waals surface area contributed by atoms with Crippen LogP contribution in [0.15, 0.2) is 42.5 Å². The second-order valence-electron chi connectivity index (χ2n) is 4.26. The van der Waals surface area contributed by atoms with Crippen molar-refractivity contribution in [3.63, 3.8) is 0 Å². The third-order valence-corrected chi connectivity index (χ3v) is 2.93. The molecule has 0 heterocycles. The maximum atomic E-state index is 13.1. The minimum absolute atomic E-state index is 0.0657. The van der Waals surface area contributed by atoms with E-state index in [9.17, 15) is 9.18 Å². The van der Waals surface area contributed by atoms with Crippen molar-refractivity contribution in [1.82, 2.24) is 0 Å². The highest BCUT2D eigenvalue weighted by Gasteiger charge is 2.14. The van der Waals surface area contributed by atoms with Crippen molar-refractivity contribution in [3.8, 4) is 6.07 Å². The van der Waals surface area contributed by atoms with Gasteiger partial charge in [0.15, 0.2) is 0 Å². The highest BCUT2D eigenvalue weighted by Crippen LogP contribution is 2.18. The summed E-state index contributed by atoms with van der Waals surface area (Å²) in [7, 11) is 1.60. The number of benzene rings is 2. The Morgan fingerprint density at radius 2 is 1.90 bits per heavy atom. The molecular weight excluding hydrogens is 257 g/mol. The molecule has 1 amide bonds. The Morgan fingerprint density at radius 3 is 2.45 bits per heavy atom. The molecule has 2 rings (SSSR count). The molecule has 20 heavy (non-hydrogen) atoms. The molecule has 0 saturated carbocycles. The van der Waals surface area contributed by atoms with Gasteiger partial charge in [-0.25, -0.2) is 4.39 Å². The van der Waals surface area contributed by atoms with Crippen LogP contribution in [0, 0.1) is 17.1 Å². The fraction of sp³-hybridized carbons (Fsp3) is 0.0667. The zero-order valence-electron chi connectivity index (χ0n) is 10.8. The van der Waals surface area contributed by atoms with Crippen molar-refractivity contribution >= 4 is 17.3 Å². The summed E-state index contributed by atoms with van der Waals surface area (Å²) in [6, 6.07) is 12.4. The molecule has 0 aliphatic carbocycles. The van der Waals surface area contributed by atoms with E-state index in [0.717, 1.165) is 6.07 Å². The van der Waals surface area contributed by atoms with Crippen LogP contribution in [0.25, 0.3) is 0 Å². The van der Waals surface area contributed by atoms with E-state index in [-0.39, 0.29) is 11.6 Å². The van der Waals surface area contributed by atoms with Crippen molar-refractivity contribution in [2.75, 3.05) is 17.7 Å². The zero-order valence-corrected chi connectivity index (χ0v) is 10.8. The summed E-state index contributed by atoms with van der Waals surface area (Å²) >= 11 is 0. The SMILES string of the molecule is CN(C(=O)c1ccc(F)c(N)c1)c1ccc(C#N)cc1. The predicted octanol–water partition coefficient (Wildman–Crippen LogP) is 2.56. The Labute approximate surface area is 115 Å². The molecule has 4 nitrogen and oxygen atoms in total. The smallest absolute Gasteiger partial charge is 0.258 e. The van der Waals surface area contributed by atoms with E-state index in [0.29, 0.717) is 16.8 Å². The third-order valence-electron chi connectivity index (χ3n) is 2.93. The van der Waals surface area contributed by atoms with E-state index >= 15 is 0 Å². The van der Waals surface area contributed by atoms with Gasteiger partial charge in [-0.05, 0) is 42.5 Å². The molecule has 0 unspecified atom stereocenters. The number of nitrogen functional groups attached to an aromatic ring is 1. The Hall–Kier alpha value is -2.87. The molecule has 0 aliphatic heterocycles. The largest absolute Gasteiger partial charge is 0.396 e. The van der Waals surface area contributed by atoms with Crippen LogP contribution in [-0.4, -0.2) is 13.0 Å². The molecule has 0 spiro atoms. The number of hydrogen-bond acceptors (Lipinski definition) is 3. The lowest BCUT2D eigenvalue weighted by atomic mass is 10.1. The lowest BCUT2D eigenvalue weighted by molar-refractivity contribution is 0.0993. The molecule has 2 aromatic carbocycles. The second-order valence-corrected chi connectivity index (χ2v) is 4.26. The first-order valence-electron chi connectivity index (χ1n) is 5.86. The summed E-state index contributed by atoms with van der Waals surface area (Å²) < 4.78 is 13.1. The van der Waals surface area contributed by atoms with Crippen molar-refractivity contribution in [3.05, 3.63) is 59.4 Å². The number of nitrogens with two attached hydrogens (primary N) is 1. The zero-order chi connectivity index (χ0) is 14.7. The fourth-order valence-corrected chi connectivity index (χ4v) is 1.75. The number of rotatable bonds is 2. The summed E-state index contributed by atoms with van der Waals surface area (Å²) in [5, 5.41) is 8.73. The number of nitrogens with zero attached hydrogens (tertiary/aromatic N) is 2. The fourth-order valence-electron chi connectivity index (χ4n) is 1.75. The minimum atomic E-state index is -0.553. The monoisotopic (exact) mass is 269 g/mol. The van der Waals surface area contributed by atoms with Crippen LogP contribution in [0.1, 0.15) is 15.9 Å². The van der Waals surface area contributed by atoms with Gasteiger partial charge < -0.3 is 10.6 Å². The van der Waals surface area contributed by atoms with Crippen LogP contribution >= 0.6 is 0 Å². The highest BCUT2D eigenvalue weighted by molar-refractivity contribution is 6.06. The molecular formula is C15H12FN3O. The van der Waals surface area contributed by atoms with Gasteiger partial charge in [-0.3, -0.25) is 4.79 Å². The first-order valence-corrected chi connectivity index (χ1v) is 5.86. The molecule has 0 aliphatic rings. The van der Waals surface area contributed by atoms with Gasteiger partial charge in [0.2, 0.25) is 0 Å². The van der Waals surface area contributed by atoms with Gasteiger partial charge >= 0.3 is 0 Å². The molecule has 2 N–H and O–H groups in total. The van der Waals surface area contributed by atoms with Gasteiger partial charge in [0, 0.05) is 18.3 Å². The van der Waals surface area contributed by atoms with Gasteiger partial charge in [-0.15, -0.1) is 0 Å². The van der Waals surface area contributed by atoms with Crippen molar-refractivity contribution in [1.29, 1.82) is 5.26 Å². The van der Waals surface area contributed by atoms with Crippen LogP contribution in [-0.2, 0) is 0 Å². The van der Waals surface area contributed by atoms with E-state index in [1.54, 1.807) is 31.3 Å². The van der Waals surface area contributed by atoms with Crippen LogP contribution in [0.5, 0.6) is 0 Å². The van der Waals surface area contributed by atoms with Gasteiger partial charge in [-0.2, -0.15) is 5.26 Å². The summed E-state index contributed by atoms with van der Waals surface area (Å²) in [5.41, 5.74) is 6.84. The lowest BCUT2D eigenvalue weighted by Crippen LogP contribution is -2.26. The summed E-state index contributed by atoms with van der Waals surface area (Å²) in [6.45, 7) is 0. The van der Waals surface area contributed by atoms with Crippen molar-refractivity contribution in [2.24, 2.45) is 0 Å². The molecule has 0 aromatic heterocycles.